The summed E-state index contributed by atoms with van der Waals surface area (Å²) < 4.78 is 5.47. The molecule has 1 fully saturated rings. The molecule has 1 aliphatic heterocycles. The number of nitrogens with one attached hydrogen (secondary N) is 10. The lowest BCUT2D eigenvalue weighted by Gasteiger charge is -2.33. The van der Waals surface area contributed by atoms with Crippen LogP contribution in [0, 0.1) is 17.8 Å². The molecule has 1 unspecified atom stereocenters. The third kappa shape index (κ3) is 23.4. The number of hydrogen-bond acceptors (Lipinski definition) is 16. The monoisotopic (exact) mass is 1180 g/mol. The van der Waals surface area contributed by atoms with E-state index >= 15 is 4.79 Å². The van der Waals surface area contributed by atoms with Crippen molar-refractivity contribution >= 4 is 71.1 Å². The van der Waals surface area contributed by atoms with Gasteiger partial charge in [0.1, 0.15) is 54.9 Å². The second-order valence-electron chi connectivity index (χ2n) is 20.9. The first-order valence-electron chi connectivity index (χ1n) is 27.2. The third-order valence-corrected chi connectivity index (χ3v) is 13.2. The van der Waals surface area contributed by atoms with Crippen LogP contribution in [0.4, 0.5) is 4.79 Å². The number of carbonyl (C=O) groups excluding carboxylic acids is 11. The van der Waals surface area contributed by atoms with Gasteiger partial charge in [0.15, 0.2) is 5.96 Å². The fourth-order valence-corrected chi connectivity index (χ4v) is 8.41. The molecule has 0 aromatic heterocycles. The second-order valence-corrected chi connectivity index (χ2v) is 20.9. The Kier molecular flexibility index (Phi) is 30.3. The van der Waals surface area contributed by atoms with Crippen LogP contribution in [0.15, 0.2) is 65.7 Å². The van der Waals surface area contributed by atoms with Crippen molar-refractivity contribution in [2.24, 2.45) is 39.9 Å². The number of carbonyl (C=O) groups is 11. The molecule has 11 amide bonds. The van der Waals surface area contributed by atoms with Crippen molar-refractivity contribution in [1.29, 1.82) is 0 Å². The maximum atomic E-state index is 15.0. The minimum absolute atomic E-state index is 0. The largest absolute Gasteiger partial charge is 0.445 e. The van der Waals surface area contributed by atoms with Crippen LogP contribution in [0.5, 0.6) is 0 Å². The average Bonchev–Trinajstić information content (AvgIpc) is 3.23. The van der Waals surface area contributed by atoms with Gasteiger partial charge in [0.2, 0.25) is 59.1 Å². The van der Waals surface area contributed by atoms with Gasteiger partial charge in [0, 0.05) is 6.54 Å². The van der Waals surface area contributed by atoms with Gasteiger partial charge in [0.25, 0.3) is 0 Å². The Hall–Kier alpha value is -8.44. The lowest BCUT2D eigenvalue weighted by molar-refractivity contribution is -0.138. The van der Waals surface area contributed by atoms with Gasteiger partial charge in [-0.25, -0.2) is 4.79 Å². The molecule has 466 valence electrons. The number of alkyl carbamates (subject to hydrolysis) is 1. The number of aliphatic hydroxyl groups is 3. The molecule has 0 aliphatic carbocycles. The molecule has 1 heterocycles. The summed E-state index contributed by atoms with van der Waals surface area (Å²) in [5.41, 5.74) is 17.1. The van der Waals surface area contributed by atoms with E-state index in [4.69, 9.17) is 21.9 Å². The third-order valence-electron chi connectivity index (χ3n) is 13.2. The molecule has 84 heavy (non-hydrogen) atoms. The zero-order chi connectivity index (χ0) is 62.1. The Morgan fingerprint density at radius 1 is 0.655 bits per heavy atom. The Bertz CT molecular complexity index is 2570. The van der Waals surface area contributed by atoms with Gasteiger partial charge >= 0.3 is 6.09 Å². The van der Waals surface area contributed by atoms with Gasteiger partial charge in [-0.2, -0.15) is 0 Å². The highest BCUT2D eigenvalue weighted by molar-refractivity contribution is 5.99. The zero-order valence-corrected chi connectivity index (χ0v) is 47.6. The number of aliphatic imine (C=N–C) groups is 1. The van der Waals surface area contributed by atoms with Gasteiger partial charge < -0.3 is 90.4 Å². The minimum atomic E-state index is -1.99. The van der Waals surface area contributed by atoms with E-state index in [0.717, 1.165) is 6.92 Å². The number of aliphatic hydroxyl groups excluding tert-OH is 3. The van der Waals surface area contributed by atoms with Crippen LogP contribution >= 0.6 is 0 Å². The molecule has 0 spiro atoms. The fraction of sp³-hybridized carbons (Fsp3) is 0.564. The van der Waals surface area contributed by atoms with Crippen LogP contribution in [0.1, 0.15) is 105 Å². The number of nitrogens with zero attached hydrogens (tertiary/aromatic N) is 1. The van der Waals surface area contributed by atoms with Crippen molar-refractivity contribution in [3.8, 4) is 0 Å². The maximum absolute atomic E-state index is 15.0. The van der Waals surface area contributed by atoms with Crippen LogP contribution in [0.3, 0.4) is 0 Å². The van der Waals surface area contributed by atoms with Crippen molar-refractivity contribution in [2.45, 2.75) is 161 Å². The quantitative estimate of drug-likeness (QED) is 0.0395. The van der Waals surface area contributed by atoms with Crippen molar-refractivity contribution in [2.75, 3.05) is 19.7 Å². The van der Waals surface area contributed by atoms with Crippen LogP contribution in [0.2, 0.25) is 0 Å². The Morgan fingerprint density at radius 3 is 1.75 bits per heavy atom. The van der Waals surface area contributed by atoms with Gasteiger partial charge in [-0.3, -0.25) is 52.9 Å². The fourth-order valence-electron chi connectivity index (χ4n) is 8.41. The molecule has 12 atom stereocenters. The molecule has 29 heteroatoms. The smallest absolute Gasteiger partial charge is 0.408 e. The SMILES string of the molecule is C.CC[C@H](C)[C@@H]1NC(=O)[C@@H](CCCN=C(N)N)NC(=O)[C@H](CC(C)C)NC(=O)[C@H]([C@H](O)C(C)C)NC(=O)[C@@H](NC(=O)OCc2ccccc2)[C@@H](c2ccccc2)NC(=O)[C@H](CO)NC(=O)C(CC(N)=O)NC(=O)CNC(=O)[C@H]([C@H](C)O)NC1=O. The summed E-state index contributed by atoms with van der Waals surface area (Å²) in [6.07, 6.45) is -5.37. The molecule has 2 aromatic carbocycles. The highest BCUT2D eigenvalue weighted by Gasteiger charge is 2.41. The van der Waals surface area contributed by atoms with Crippen molar-refractivity contribution in [1.82, 2.24) is 53.2 Å². The average molecular weight is 1180 g/mol. The normalized spacial score (nSPS) is 24.1. The molecule has 1 aliphatic rings. The highest BCUT2D eigenvalue weighted by atomic mass is 16.5. The summed E-state index contributed by atoms with van der Waals surface area (Å²) in [5.74, 6) is -13.1. The molecule has 29 nitrogen and oxygen atoms in total. The lowest BCUT2D eigenvalue weighted by Crippen LogP contribution is -2.64. The molecule has 1 saturated heterocycles. The van der Waals surface area contributed by atoms with E-state index in [-0.39, 0.29) is 63.7 Å². The van der Waals surface area contributed by atoms with Crippen LogP contribution < -0.4 is 70.4 Å². The Labute approximate surface area is 488 Å². The first-order chi connectivity index (χ1) is 39.2. The Morgan fingerprint density at radius 2 is 1.19 bits per heavy atom. The first kappa shape index (κ1) is 71.7. The van der Waals surface area contributed by atoms with Crippen LogP contribution in [-0.2, 0) is 59.3 Å². The van der Waals surface area contributed by atoms with E-state index in [1.54, 1.807) is 64.1 Å². The lowest BCUT2D eigenvalue weighted by atomic mass is 9.94. The van der Waals surface area contributed by atoms with Gasteiger partial charge in [0.05, 0.1) is 37.8 Å². The van der Waals surface area contributed by atoms with Crippen molar-refractivity contribution in [3.63, 3.8) is 0 Å². The topological polar surface area (TPSA) is 468 Å². The van der Waals surface area contributed by atoms with Crippen molar-refractivity contribution in [3.05, 3.63) is 71.8 Å². The van der Waals surface area contributed by atoms with Gasteiger partial charge in [-0.05, 0) is 55.1 Å². The molecule has 0 saturated carbocycles. The summed E-state index contributed by atoms with van der Waals surface area (Å²) in [6.45, 7) is 8.51. The molecular weight excluding hydrogens is 1100 g/mol. The van der Waals surface area contributed by atoms with E-state index in [1.807, 2.05) is 0 Å². The maximum Gasteiger partial charge on any atom is 0.408 e. The number of guanidine groups is 1. The van der Waals surface area contributed by atoms with E-state index in [0.29, 0.717) is 5.56 Å². The number of ether oxygens (including phenoxy) is 1. The van der Waals surface area contributed by atoms with E-state index in [9.17, 15) is 63.3 Å². The first-order valence-corrected chi connectivity index (χ1v) is 27.2. The standard InChI is InChI=1S/C54H82N14O15.CH4/c1-8-29(6)39-50(79)65-40(30(7)70)49(78)59-24-38(72)60-35(23-37(55)71)47(76)63-36(25-69)48(77)66-41(32-18-13-10-14-19-32)42(68-54(82)83-26-31-16-11-9-12-17-31)51(80)67-43(44(73)28(4)5)52(81)62-34(22-27(2)3)46(75)61-33(45(74)64-39)20-15-21-58-53(56)57;/h9-14,16-19,27-30,33-36,39-44,69-70,73H,8,15,20-26H2,1-7H3,(H2,55,71)(H,59,78)(H,60,72)(H,61,75)(H,62,81)(H,63,76)(H,64,74)(H,65,79)(H,66,77)(H,67,80)(H,68,82)(H4,56,57,58);1H4/t29-,30-,33+,34-,35?,36-,39-,40-,41+,42-,43-,44+;/m0./s1. The molecule has 3 rings (SSSR count). The van der Waals surface area contributed by atoms with Crippen LogP contribution in [-0.4, -0.2) is 167 Å². The summed E-state index contributed by atoms with van der Waals surface area (Å²) >= 11 is 0. The van der Waals surface area contributed by atoms with Gasteiger partial charge in [-0.1, -0.05) is 116 Å². The van der Waals surface area contributed by atoms with E-state index < -0.39 is 163 Å². The second kappa shape index (κ2) is 35.5. The Balaban J connectivity index is 0.0000241. The highest BCUT2D eigenvalue weighted by Crippen LogP contribution is 2.21. The molecule has 2 aromatic rings. The summed E-state index contributed by atoms with van der Waals surface area (Å²) in [6, 6.07) is 0.288. The molecule has 0 radical (unpaired) electrons. The van der Waals surface area contributed by atoms with Crippen LogP contribution in [0.25, 0.3) is 0 Å². The number of rotatable bonds is 18. The molecule has 19 N–H and O–H groups in total. The number of primary amides is 1. The molecular formula is C55H86N14O15. The number of nitrogens with two attached hydrogens (primary N) is 3. The summed E-state index contributed by atoms with van der Waals surface area (Å²) in [5, 5.41) is 57.3. The van der Waals surface area contributed by atoms with Gasteiger partial charge in [-0.15, -0.1) is 0 Å². The van der Waals surface area contributed by atoms with Crippen molar-refractivity contribution < 1.29 is 72.8 Å². The number of hydrogen-bond donors (Lipinski definition) is 16. The summed E-state index contributed by atoms with van der Waals surface area (Å²) in [7, 11) is 0. The number of amides is 11. The number of benzene rings is 2. The molecule has 0 bridgehead atoms. The predicted octanol–water partition coefficient (Wildman–Crippen LogP) is -3.29. The minimum Gasteiger partial charge on any atom is -0.445 e. The van der Waals surface area contributed by atoms with E-state index in [2.05, 4.69) is 58.2 Å². The summed E-state index contributed by atoms with van der Waals surface area (Å²) in [4.78, 5) is 158. The predicted molar refractivity (Wildman–Crippen MR) is 306 cm³/mol. The van der Waals surface area contributed by atoms with E-state index in [1.165, 1.54) is 38.1 Å². The zero-order valence-electron chi connectivity index (χ0n) is 47.6.